The molecule has 14 heteroatoms. The number of nitro groups is 2. The van der Waals surface area contributed by atoms with Crippen molar-refractivity contribution in [1.29, 1.82) is 0 Å². The average Bonchev–Trinajstić information content (AvgIpc) is 3.63. The highest BCUT2D eigenvalue weighted by Crippen LogP contribution is 2.35. The van der Waals surface area contributed by atoms with Gasteiger partial charge in [-0.3, -0.25) is 40.2 Å². The zero-order valence-corrected chi connectivity index (χ0v) is 39.5. The molecule has 6 aromatic rings. The van der Waals surface area contributed by atoms with Gasteiger partial charge in [-0.25, -0.2) is 0 Å². The monoisotopic (exact) mass is 827 g/mol. The Kier molecular flexibility index (Phi) is 17.5. The molecule has 0 aromatic carbocycles. The van der Waals surface area contributed by atoms with Crippen LogP contribution < -0.4 is 4.74 Å². The second-order valence-electron chi connectivity index (χ2n) is 15.6. The van der Waals surface area contributed by atoms with Crippen LogP contribution in [0.1, 0.15) is 130 Å². The van der Waals surface area contributed by atoms with Gasteiger partial charge in [0.1, 0.15) is 11.4 Å². The number of H-pyrrole nitrogens is 2. The van der Waals surface area contributed by atoms with Gasteiger partial charge < -0.3 is 19.8 Å². The minimum absolute atomic E-state index is 0.0457. The second kappa shape index (κ2) is 20.9. The Morgan fingerprint density at radius 3 is 1.33 bits per heavy atom. The SMILES string of the molecule is CCC.COc1c(C)c(C)nc(C)c1[N+](=O)[O-].Cc1nc(C)c([N+](=O)[O-])c(C(C)C)c1C.Cc1nc(C)c2[nH]c(C)c(C)c2c1C.Cc1nc(C)c2[nH]c(O)c(C)c2c1C. The number of aryl methyl sites for hydroxylation is 13. The summed E-state index contributed by atoms with van der Waals surface area (Å²) >= 11 is 0. The van der Waals surface area contributed by atoms with E-state index < -0.39 is 4.92 Å². The van der Waals surface area contributed by atoms with Gasteiger partial charge in [0.05, 0.1) is 39.4 Å². The molecule has 0 aliphatic heterocycles. The molecule has 3 N–H and O–H groups in total. The van der Waals surface area contributed by atoms with Crippen LogP contribution >= 0.6 is 0 Å². The van der Waals surface area contributed by atoms with Crippen molar-refractivity contribution in [3.63, 3.8) is 0 Å². The summed E-state index contributed by atoms with van der Waals surface area (Å²) < 4.78 is 5.02. The molecule has 6 heterocycles. The highest BCUT2D eigenvalue weighted by molar-refractivity contribution is 5.91. The van der Waals surface area contributed by atoms with Crippen molar-refractivity contribution in [2.75, 3.05) is 7.11 Å². The number of hydrogen-bond donors (Lipinski definition) is 3. The van der Waals surface area contributed by atoms with E-state index in [0.717, 1.165) is 67.3 Å². The van der Waals surface area contributed by atoms with Crippen molar-refractivity contribution >= 4 is 33.2 Å². The number of rotatable bonds is 4. The lowest BCUT2D eigenvalue weighted by Gasteiger charge is -2.13. The summed E-state index contributed by atoms with van der Waals surface area (Å²) in [5, 5.41) is 33.8. The summed E-state index contributed by atoms with van der Waals surface area (Å²) in [6.07, 6.45) is 1.25. The Morgan fingerprint density at radius 2 is 0.917 bits per heavy atom. The zero-order valence-electron chi connectivity index (χ0n) is 39.5. The van der Waals surface area contributed by atoms with Gasteiger partial charge in [0.15, 0.2) is 5.88 Å². The number of nitrogens with one attached hydrogen (secondary N) is 2. The maximum absolute atomic E-state index is 11.0. The first-order valence-electron chi connectivity index (χ1n) is 20.2. The number of aromatic nitrogens is 6. The number of methoxy groups -OCH3 is 1. The van der Waals surface area contributed by atoms with Crippen molar-refractivity contribution < 1.29 is 19.7 Å². The number of hydrogen-bond acceptors (Lipinski definition) is 10. The standard InChI is InChI=1S/C12H16N2.C11H16N2O2.C11H14N2O.C9H12N2O3.C3H8/c1-6-8(3)13-10(5)12-11(6)7(2)9(4)14-12;1-6(2)10-7(3)8(4)12-9(5)11(10)13(14)15;1-5-7(3)12-8(4)10-9(5)6(2)11(14)13-10;1-5-6(2)10-7(3)8(11(12)13)9(5)14-4;1-3-2/h14H,1-5H3;6H,1-5H3;13-14H,1-4H3;1-4H3;3H2,1-2H3. The molecular weight excluding hydrogens is 761 g/mol. The van der Waals surface area contributed by atoms with E-state index in [1.54, 1.807) is 27.7 Å². The molecule has 0 bridgehead atoms. The molecule has 0 amide bonds. The summed E-state index contributed by atoms with van der Waals surface area (Å²) in [5.74, 6) is 0.699. The molecule has 14 nitrogen and oxygen atoms in total. The molecule has 60 heavy (non-hydrogen) atoms. The highest BCUT2D eigenvalue weighted by Gasteiger charge is 2.25. The fourth-order valence-corrected chi connectivity index (χ4v) is 7.18. The molecule has 6 rings (SSSR count). The molecule has 6 aromatic heterocycles. The van der Waals surface area contributed by atoms with Crippen LogP contribution in [0.15, 0.2) is 0 Å². The Morgan fingerprint density at radius 1 is 0.550 bits per heavy atom. The number of fused-ring (bicyclic) bond motifs is 2. The van der Waals surface area contributed by atoms with Crippen LogP contribution in [0, 0.1) is 124 Å². The largest absolute Gasteiger partial charge is 0.494 e. The molecule has 0 spiro atoms. The Hall–Kier alpha value is -5.92. The van der Waals surface area contributed by atoms with Crippen molar-refractivity contribution in [2.24, 2.45) is 0 Å². The van der Waals surface area contributed by atoms with Crippen LogP contribution in [0.25, 0.3) is 21.8 Å². The van der Waals surface area contributed by atoms with Gasteiger partial charge in [0.25, 0.3) is 5.69 Å². The average molecular weight is 827 g/mol. The van der Waals surface area contributed by atoms with Gasteiger partial charge in [-0.15, -0.1) is 0 Å². The third-order valence-corrected chi connectivity index (χ3v) is 10.8. The Balaban J connectivity index is 0.000000269. The third-order valence-electron chi connectivity index (χ3n) is 10.8. The fourth-order valence-electron chi connectivity index (χ4n) is 7.18. The van der Waals surface area contributed by atoms with Crippen LogP contribution in [0.3, 0.4) is 0 Å². The van der Waals surface area contributed by atoms with E-state index in [0.29, 0.717) is 22.7 Å². The predicted octanol–water partition coefficient (Wildman–Crippen LogP) is 12.0. The summed E-state index contributed by atoms with van der Waals surface area (Å²) in [6.45, 7) is 37.3. The van der Waals surface area contributed by atoms with E-state index >= 15 is 0 Å². The van der Waals surface area contributed by atoms with Crippen molar-refractivity contribution in [3.05, 3.63) is 110 Å². The number of pyridine rings is 4. The lowest BCUT2D eigenvalue weighted by molar-refractivity contribution is -0.386. The molecule has 0 unspecified atom stereocenters. The van der Waals surface area contributed by atoms with E-state index in [4.69, 9.17) is 4.74 Å². The quantitative estimate of drug-likeness (QED) is 0.113. The zero-order chi connectivity index (χ0) is 46.2. The molecular formula is C46H66N8O6. The molecule has 0 radical (unpaired) electrons. The first-order valence-corrected chi connectivity index (χ1v) is 20.2. The predicted molar refractivity (Wildman–Crippen MR) is 243 cm³/mol. The Bertz CT molecular complexity index is 2440. The second-order valence-corrected chi connectivity index (χ2v) is 15.6. The summed E-state index contributed by atoms with van der Waals surface area (Å²) in [5.41, 5.74) is 17.4. The van der Waals surface area contributed by atoms with E-state index in [2.05, 4.69) is 78.4 Å². The van der Waals surface area contributed by atoms with Gasteiger partial charge >= 0.3 is 5.69 Å². The van der Waals surface area contributed by atoms with E-state index in [1.165, 1.54) is 41.3 Å². The molecule has 326 valence electrons. The first kappa shape index (κ1) is 50.2. The minimum atomic E-state index is -0.465. The summed E-state index contributed by atoms with van der Waals surface area (Å²) in [7, 11) is 1.42. The fraction of sp³-hybridized carbons (Fsp3) is 0.478. The van der Waals surface area contributed by atoms with Crippen molar-refractivity contribution in [2.45, 2.75) is 144 Å². The lowest BCUT2D eigenvalue weighted by Crippen LogP contribution is -2.06. The van der Waals surface area contributed by atoms with Crippen LogP contribution in [-0.2, 0) is 0 Å². The molecule has 0 saturated heterocycles. The van der Waals surface area contributed by atoms with Crippen LogP contribution in [0.2, 0.25) is 0 Å². The Labute approximate surface area is 355 Å². The van der Waals surface area contributed by atoms with Crippen LogP contribution in [0.4, 0.5) is 11.4 Å². The molecule has 0 atom stereocenters. The highest BCUT2D eigenvalue weighted by atomic mass is 16.6. The van der Waals surface area contributed by atoms with E-state index in [9.17, 15) is 25.3 Å². The van der Waals surface area contributed by atoms with Gasteiger partial charge in [0, 0.05) is 55.9 Å². The molecule has 0 fully saturated rings. The normalized spacial score (nSPS) is 10.6. The number of aromatic amines is 2. The van der Waals surface area contributed by atoms with Crippen LogP contribution in [0.5, 0.6) is 11.6 Å². The molecule has 0 aliphatic carbocycles. The smallest absolute Gasteiger partial charge is 0.332 e. The molecule has 0 saturated carbocycles. The maximum Gasteiger partial charge on any atom is 0.332 e. The van der Waals surface area contributed by atoms with Crippen LogP contribution in [-0.4, -0.2) is 52.0 Å². The maximum atomic E-state index is 11.0. The van der Waals surface area contributed by atoms with Gasteiger partial charge in [-0.1, -0.05) is 34.1 Å². The molecule has 0 aliphatic rings. The van der Waals surface area contributed by atoms with E-state index in [1.807, 2.05) is 55.4 Å². The lowest BCUT2D eigenvalue weighted by atomic mass is 9.95. The minimum Gasteiger partial charge on any atom is -0.494 e. The number of nitrogens with zero attached hydrogens (tertiary/aromatic N) is 6. The first-order chi connectivity index (χ1) is 27.8. The van der Waals surface area contributed by atoms with Crippen molar-refractivity contribution in [3.8, 4) is 11.6 Å². The van der Waals surface area contributed by atoms with Crippen molar-refractivity contribution in [1.82, 2.24) is 29.9 Å². The van der Waals surface area contributed by atoms with Gasteiger partial charge in [-0.05, 0) is 132 Å². The number of aromatic hydroxyl groups is 1. The van der Waals surface area contributed by atoms with Gasteiger partial charge in [-0.2, -0.15) is 0 Å². The number of ether oxygens (including phenoxy) is 1. The summed E-state index contributed by atoms with van der Waals surface area (Å²) in [6, 6.07) is 0. The summed E-state index contributed by atoms with van der Waals surface area (Å²) in [4.78, 5) is 44.5. The topological polar surface area (TPSA) is 199 Å². The van der Waals surface area contributed by atoms with Gasteiger partial charge in [0.2, 0.25) is 5.75 Å². The van der Waals surface area contributed by atoms with E-state index in [-0.39, 0.29) is 28.1 Å². The third kappa shape index (κ3) is 10.8.